The molecule has 0 aliphatic heterocycles. The summed E-state index contributed by atoms with van der Waals surface area (Å²) in [6.07, 6.45) is 1.000. The van der Waals surface area contributed by atoms with Crippen LogP contribution in [0.2, 0.25) is 0 Å². The van der Waals surface area contributed by atoms with Gasteiger partial charge in [0.2, 0.25) is 0 Å². The minimum Gasteiger partial charge on any atom is -0.310 e. The van der Waals surface area contributed by atoms with Crippen molar-refractivity contribution >= 4 is 15.9 Å². The van der Waals surface area contributed by atoms with Gasteiger partial charge in [0.25, 0.3) is 0 Å². The molecule has 0 aliphatic rings. The van der Waals surface area contributed by atoms with Crippen molar-refractivity contribution in [3.05, 3.63) is 69.2 Å². The molecule has 106 valence electrons. The van der Waals surface area contributed by atoms with Crippen molar-refractivity contribution in [3.63, 3.8) is 0 Å². The molecule has 0 saturated heterocycles. The zero-order valence-electron chi connectivity index (χ0n) is 12.4. The number of hydrogen-bond acceptors (Lipinski definition) is 1. The highest BCUT2D eigenvalue weighted by Crippen LogP contribution is 2.26. The van der Waals surface area contributed by atoms with Crippen LogP contribution in [0.3, 0.4) is 0 Å². The topological polar surface area (TPSA) is 12.0 Å². The highest BCUT2D eigenvalue weighted by molar-refractivity contribution is 9.10. The Kier molecular flexibility index (Phi) is 5.38. The van der Waals surface area contributed by atoms with Crippen molar-refractivity contribution in [3.8, 4) is 0 Å². The second kappa shape index (κ2) is 7.05. The van der Waals surface area contributed by atoms with Gasteiger partial charge in [0.05, 0.1) is 0 Å². The third kappa shape index (κ3) is 3.71. The first kappa shape index (κ1) is 15.3. The number of likely N-dealkylation sites (N-methyl/N-ethyl adjacent to an activating group) is 1. The van der Waals surface area contributed by atoms with Gasteiger partial charge in [-0.3, -0.25) is 0 Å². The lowest BCUT2D eigenvalue weighted by Gasteiger charge is -2.21. The Labute approximate surface area is 130 Å². The number of nitrogens with one attached hydrogen (secondary N) is 1. The molecule has 1 unspecified atom stereocenters. The Morgan fingerprint density at radius 3 is 2.55 bits per heavy atom. The van der Waals surface area contributed by atoms with Crippen LogP contribution in [0, 0.1) is 13.8 Å². The van der Waals surface area contributed by atoms with Crippen molar-refractivity contribution < 1.29 is 0 Å². The van der Waals surface area contributed by atoms with Gasteiger partial charge in [0, 0.05) is 10.5 Å². The fraction of sp³-hybridized carbons (Fsp3) is 0.333. The molecule has 0 saturated carbocycles. The Morgan fingerprint density at radius 1 is 1.10 bits per heavy atom. The van der Waals surface area contributed by atoms with Crippen molar-refractivity contribution in [2.24, 2.45) is 0 Å². The quantitative estimate of drug-likeness (QED) is 0.816. The van der Waals surface area contributed by atoms with E-state index in [1.165, 1.54) is 26.7 Å². The number of halogens is 1. The van der Waals surface area contributed by atoms with E-state index in [4.69, 9.17) is 0 Å². The third-order valence-electron chi connectivity index (χ3n) is 3.64. The molecule has 0 heterocycles. The largest absolute Gasteiger partial charge is 0.310 e. The number of aryl methyl sites for hydroxylation is 2. The fourth-order valence-corrected chi connectivity index (χ4v) is 3.00. The summed E-state index contributed by atoms with van der Waals surface area (Å²) in [5.74, 6) is 0. The zero-order valence-corrected chi connectivity index (χ0v) is 14.0. The Balaban J connectivity index is 2.32. The summed E-state index contributed by atoms with van der Waals surface area (Å²) >= 11 is 3.65. The van der Waals surface area contributed by atoms with Crippen molar-refractivity contribution in [2.45, 2.75) is 33.2 Å². The monoisotopic (exact) mass is 331 g/mol. The second-order valence-electron chi connectivity index (χ2n) is 5.27. The van der Waals surface area contributed by atoms with Crippen LogP contribution in [0.5, 0.6) is 0 Å². The van der Waals surface area contributed by atoms with Crippen LogP contribution in [-0.2, 0) is 6.42 Å². The van der Waals surface area contributed by atoms with Crippen molar-refractivity contribution in [2.75, 3.05) is 6.54 Å². The van der Waals surface area contributed by atoms with Gasteiger partial charge < -0.3 is 5.32 Å². The van der Waals surface area contributed by atoms with Crippen LogP contribution in [0.4, 0.5) is 0 Å². The first-order chi connectivity index (χ1) is 9.61. The minimum absolute atomic E-state index is 0.360. The maximum atomic E-state index is 3.65. The van der Waals surface area contributed by atoms with Crippen LogP contribution in [0.1, 0.15) is 35.2 Å². The van der Waals surface area contributed by atoms with Gasteiger partial charge >= 0.3 is 0 Å². The summed E-state index contributed by atoms with van der Waals surface area (Å²) in [4.78, 5) is 0. The molecule has 2 heteroatoms. The predicted octanol–water partition coefficient (Wildman–Crippen LogP) is 4.96. The minimum atomic E-state index is 0.360. The summed E-state index contributed by atoms with van der Waals surface area (Å²) < 4.78 is 1.19. The van der Waals surface area contributed by atoms with Crippen LogP contribution < -0.4 is 5.32 Å². The number of rotatable bonds is 5. The standard InChI is InChI=1S/C18H22BrN/c1-4-20-18(12-15-7-5-6-8-17(15)19)16-11-13(2)9-10-14(16)3/h5-11,18,20H,4,12H2,1-3H3. The zero-order chi connectivity index (χ0) is 14.5. The van der Waals surface area contributed by atoms with Gasteiger partial charge in [-0.05, 0) is 49.6 Å². The average molecular weight is 332 g/mol. The summed E-state index contributed by atoms with van der Waals surface area (Å²) in [5.41, 5.74) is 5.43. The third-order valence-corrected chi connectivity index (χ3v) is 4.42. The highest BCUT2D eigenvalue weighted by atomic mass is 79.9. The van der Waals surface area contributed by atoms with Gasteiger partial charge in [-0.15, -0.1) is 0 Å². The molecule has 1 N–H and O–H groups in total. The highest BCUT2D eigenvalue weighted by Gasteiger charge is 2.15. The Morgan fingerprint density at radius 2 is 1.85 bits per heavy atom. The molecule has 0 bridgehead atoms. The fourth-order valence-electron chi connectivity index (χ4n) is 2.56. The van der Waals surface area contributed by atoms with Crippen molar-refractivity contribution in [1.29, 1.82) is 0 Å². The van der Waals surface area contributed by atoms with E-state index in [9.17, 15) is 0 Å². The van der Waals surface area contributed by atoms with Gasteiger partial charge in [0.1, 0.15) is 0 Å². The second-order valence-corrected chi connectivity index (χ2v) is 6.12. The van der Waals surface area contributed by atoms with Gasteiger partial charge in [-0.1, -0.05) is 64.8 Å². The van der Waals surface area contributed by atoms with E-state index < -0.39 is 0 Å². The molecule has 1 nitrogen and oxygen atoms in total. The Bertz CT molecular complexity index is 577. The van der Waals surface area contributed by atoms with Crippen LogP contribution in [0.15, 0.2) is 46.9 Å². The van der Waals surface area contributed by atoms with Gasteiger partial charge in [-0.25, -0.2) is 0 Å². The molecule has 20 heavy (non-hydrogen) atoms. The first-order valence-corrected chi connectivity index (χ1v) is 7.95. The maximum absolute atomic E-state index is 3.65. The van der Waals surface area contributed by atoms with E-state index in [1.807, 2.05) is 0 Å². The van der Waals surface area contributed by atoms with Crippen molar-refractivity contribution in [1.82, 2.24) is 5.32 Å². The molecule has 0 aromatic heterocycles. The molecule has 0 aliphatic carbocycles. The lowest BCUT2D eigenvalue weighted by atomic mass is 9.94. The molecule has 0 spiro atoms. The predicted molar refractivity (Wildman–Crippen MR) is 90.2 cm³/mol. The summed E-state index contributed by atoms with van der Waals surface area (Å²) in [7, 11) is 0. The first-order valence-electron chi connectivity index (χ1n) is 7.15. The molecule has 2 aromatic rings. The molecule has 1 atom stereocenters. The molecule has 2 rings (SSSR count). The molecule has 2 aromatic carbocycles. The van der Waals surface area contributed by atoms with Crippen LogP contribution >= 0.6 is 15.9 Å². The smallest absolute Gasteiger partial charge is 0.0363 e. The van der Waals surface area contributed by atoms with E-state index in [0.717, 1.165) is 13.0 Å². The molecule has 0 amide bonds. The molecular formula is C18H22BrN. The van der Waals surface area contributed by atoms with Crippen LogP contribution in [0.25, 0.3) is 0 Å². The Hall–Kier alpha value is -1.12. The lowest BCUT2D eigenvalue weighted by Crippen LogP contribution is -2.24. The van der Waals surface area contributed by atoms with Gasteiger partial charge in [-0.2, -0.15) is 0 Å². The van der Waals surface area contributed by atoms with E-state index >= 15 is 0 Å². The van der Waals surface area contributed by atoms with Gasteiger partial charge in [0.15, 0.2) is 0 Å². The SMILES string of the molecule is CCNC(Cc1ccccc1Br)c1cc(C)ccc1C. The van der Waals surface area contributed by atoms with E-state index in [-0.39, 0.29) is 0 Å². The number of benzene rings is 2. The average Bonchev–Trinajstić information content (AvgIpc) is 2.43. The molecule has 0 radical (unpaired) electrons. The van der Waals surface area contributed by atoms with Crippen LogP contribution in [-0.4, -0.2) is 6.54 Å². The normalized spacial score (nSPS) is 12.4. The summed E-state index contributed by atoms with van der Waals surface area (Å²) in [6, 6.07) is 15.5. The van der Waals surface area contributed by atoms with E-state index in [2.05, 4.69) is 84.5 Å². The lowest BCUT2D eigenvalue weighted by molar-refractivity contribution is 0.546. The van der Waals surface area contributed by atoms with E-state index in [1.54, 1.807) is 0 Å². The molecule has 0 fully saturated rings. The summed E-state index contributed by atoms with van der Waals surface area (Å²) in [6.45, 7) is 7.49. The molecular weight excluding hydrogens is 310 g/mol. The number of hydrogen-bond donors (Lipinski definition) is 1. The summed E-state index contributed by atoms with van der Waals surface area (Å²) in [5, 5.41) is 3.62. The maximum Gasteiger partial charge on any atom is 0.0363 e. The van der Waals surface area contributed by atoms with E-state index in [0.29, 0.717) is 6.04 Å².